The summed E-state index contributed by atoms with van der Waals surface area (Å²) in [6.07, 6.45) is 0. The molecule has 5 rings (SSSR count). The van der Waals surface area contributed by atoms with Crippen molar-refractivity contribution >= 4 is 32.0 Å². The van der Waals surface area contributed by atoms with E-state index in [1.165, 1.54) is 28.6 Å². The number of H-pyrrole nitrogens is 1. The summed E-state index contributed by atoms with van der Waals surface area (Å²) in [6.45, 7) is 0.758. The minimum atomic E-state index is -3.60. The monoisotopic (exact) mass is 381 g/mol. The standard InChI is InChI=1S/C19H15N3O4S/c23-18-8-5-12-9-14(6-7-17(12)26-18)27(24,25)22-10-13(11-22)19-20-15-3-1-2-4-16(15)21-19/h1-9,13H,10-11H2,(H,20,21). The van der Waals surface area contributed by atoms with Crippen molar-refractivity contribution in [1.82, 2.24) is 14.3 Å². The molecule has 7 nitrogen and oxygen atoms in total. The number of aromatic nitrogens is 2. The molecule has 4 aromatic rings. The molecule has 0 atom stereocenters. The molecule has 1 saturated heterocycles. The van der Waals surface area contributed by atoms with Crippen LogP contribution in [0, 0.1) is 0 Å². The molecule has 2 aromatic carbocycles. The highest BCUT2D eigenvalue weighted by atomic mass is 32.2. The third-order valence-electron chi connectivity index (χ3n) is 4.87. The Balaban J connectivity index is 1.40. The van der Waals surface area contributed by atoms with Gasteiger partial charge in [-0.1, -0.05) is 12.1 Å². The van der Waals surface area contributed by atoms with Crippen LogP contribution in [0.15, 0.2) is 68.7 Å². The minimum Gasteiger partial charge on any atom is -0.423 e. The van der Waals surface area contributed by atoms with Gasteiger partial charge in [-0.05, 0) is 36.4 Å². The summed E-state index contributed by atoms with van der Waals surface area (Å²) in [7, 11) is -3.60. The van der Waals surface area contributed by atoms with Crippen molar-refractivity contribution in [2.45, 2.75) is 10.8 Å². The van der Waals surface area contributed by atoms with Gasteiger partial charge in [-0.2, -0.15) is 4.31 Å². The molecule has 136 valence electrons. The van der Waals surface area contributed by atoms with E-state index < -0.39 is 15.6 Å². The lowest BCUT2D eigenvalue weighted by molar-refractivity contribution is 0.257. The Morgan fingerprint density at radius 2 is 1.89 bits per heavy atom. The van der Waals surface area contributed by atoms with Crippen LogP contribution in [0.5, 0.6) is 0 Å². The van der Waals surface area contributed by atoms with Crippen molar-refractivity contribution < 1.29 is 12.8 Å². The SMILES string of the molecule is O=c1ccc2cc(S(=O)(=O)N3CC(c4nc5ccccc5[nH]4)C3)ccc2o1. The number of nitrogens with one attached hydrogen (secondary N) is 1. The van der Waals surface area contributed by atoms with E-state index in [0.29, 0.717) is 24.1 Å². The molecule has 0 unspecified atom stereocenters. The van der Waals surface area contributed by atoms with Crippen LogP contribution >= 0.6 is 0 Å². The molecule has 1 aliphatic heterocycles. The summed E-state index contributed by atoms with van der Waals surface area (Å²) >= 11 is 0. The van der Waals surface area contributed by atoms with Crippen LogP contribution in [0.3, 0.4) is 0 Å². The third kappa shape index (κ3) is 2.65. The average molecular weight is 381 g/mol. The van der Waals surface area contributed by atoms with Crippen LogP contribution in [0.25, 0.3) is 22.0 Å². The summed E-state index contributed by atoms with van der Waals surface area (Å²) in [5.41, 5.74) is 1.73. The van der Waals surface area contributed by atoms with Crippen molar-refractivity contribution in [1.29, 1.82) is 0 Å². The van der Waals surface area contributed by atoms with Gasteiger partial charge in [0, 0.05) is 30.5 Å². The molecular weight excluding hydrogens is 366 g/mol. The van der Waals surface area contributed by atoms with Crippen molar-refractivity contribution in [3.05, 3.63) is 70.8 Å². The van der Waals surface area contributed by atoms with Crippen molar-refractivity contribution in [2.24, 2.45) is 0 Å². The molecule has 1 N–H and O–H groups in total. The van der Waals surface area contributed by atoms with Crippen LogP contribution in [-0.2, 0) is 10.0 Å². The fourth-order valence-electron chi connectivity index (χ4n) is 3.33. The molecular formula is C19H15N3O4S. The molecule has 0 amide bonds. The van der Waals surface area contributed by atoms with Gasteiger partial charge in [-0.25, -0.2) is 18.2 Å². The van der Waals surface area contributed by atoms with E-state index in [2.05, 4.69) is 9.97 Å². The third-order valence-corrected chi connectivity index (χ3v) is 6.70. The second-order valence-corrected chi connectivity index (χ2v) is 8.55. The molecule has 8 heteroatoms. The van der Waals surface area contributed by atoms with Crippen molar-refractivity contribution in [3.63, 3.8) is 0 Å². The normalized spacial score (nSPS) is 16.0. The maximum atomic E-state index is 12.9. The van der Waals surface area contributed by atoms with Gasteiger partial charge < -0.3 is 9.40 Å². The molecule has 1 aliphatic rings. The zero-order chi connectivity index (χ0) is 18.6. The molecule has 1 fully saturated rings. The second-order valence-electron chi connectivity index (χ2n) is 6.61. The predicted molar refractivity (Wildman–Crippen MR) is 100 cm³/mol. The largest absolute Gasteiger partial charge is 0.423 e. The van der Waals surface area contributed by atoms with E-state index in [1.54, 1.807) is 6.07 Å². The van der Waals surface area contributed by atoms with Gasteiger partial charge in [0.05, 0.1) is 15.9 Å². The first-order chi connectivity index (χ1) is 13.0. The van der Waals surface area contributed by atoms with E-state index in [0.717, 1.165) is 16.9 Å². The van der Waals surface area contributed by atoms with Gasteiger partial charge >= 0.3 is 5.63 Å². The highest BCUT2D eigenvalue weighted by molar-refractivity contribution is 7.89. The van der Waals surface area contributed by atoms with Crippen LogP contribution in [0.4, 0.5) is 0 Å². The number of aromatic amines is 1. The second kappa shape index (κ2) is 5.77. The van der Waals surface area contributed by atoms with Gasteiger partial charge in [0.15, 0.2) is 0 Å². The Bertz CT molecular complexity index is 1300. The maximum absolute atomic E-state index is 12.9. The number of imidazole rings is 1. The lowest BCUT2D eigenvalue weighted by atomic mass is 10.0. The number of fused-ring (bicyclic) bond motifs is 2. The van der Waals surface area contributed by atoms with Crippen LogP contribution in [0.1, 0.15) is 11.7 Å². The number of para-hydroxylation sites is 2. The van der Waals surface area contributed by atoms with Crippen LogP contribution in [-0.4, -0.2) is 35.8 Å². The number of nitrogens with zero attached hydrogens (tertiary/aromatic N) is 2. The first kappa shape index (κ1) is 16.2. The topological polar surface area (TPSA) is 96.3 Å². The number of sulfonamides is 1. The highest BCUT2D eigenvalue weighted by Crippen LogP contribution is 2.32. The quantitative estimate of drug-likeness (QED) is 0.550. The summed E-state index contributed by atoms with van der Waals surface area (Å²) in [4.78, 5) is 19.3. The lowest BCUT2D eigenvalue weighted by Crippen LogP contribution is -2.48. The van der Waals surface area contributed by atoms with E-state index in [-0.39, 0.29) is 10.8 Å². The Labute approximate surface area is 154 Å². The fraction of sp³-hybridized carbons (Fsp3) is 0.158. The average Bonchev–Trinajstić information content (AvgIpc) is 3.03. The number of benzene rings is 2. The highest BCUT2D eigenvalue weighted by Gasteiger charge is 2.39. The molecule has 2 aromatic heterocycles. The molecule has 0 saturated carbocycles. The van der Waals surface area contributed by atoms with Crippen LogP contribution in [0.2, 0.25) is 0 Å². The molecule has 0 radical (unpaired) electrons. The Hall–Kier alpha value is -2.97. The Morgan fingerprint density at radius 3 is 2.70 bits per heavy atom. The molecule has 0 aliphatic carbocycles. The number of rotatable bonds is 3. The fourth-order valence-corrected chi connectivity index (χ4v) is 4.90. The van der Waals surface area contributed by atoms with Gasteiger partial charge in [0.1, 0.15) is 11.4 Å². The Morgan fingerprint density at radius 1 is 1.07 bits per heavy atom. The first-order valence-electron chi connectivity index (χ1n) is 8.49. The molecule has 0 bridgehead atoms. The summed E-state index contributed by atoms with van der Waals surface area (Å²) in [6, 6.07) is 15.1. The first-order valence-corrected chi connectivity index (χ1v) is 9.93. The number of hydrogen-bond donors (Lipinski definition) is 1. The summed E-state index contributed by atoms with van der Waals surface area (Å²) < 4.78 is 32.2. The Kier molecular flexibility index (Phi) is 3.46. The van der Waals surface area contributed by atoms with Crippen molar-refractivity contribution in [2.75, 3.05) is 13.1 Å². The van der Waals surface area contributed by atoms with Gasteiger partial charge in [-0.15, -0.1) is 0 Å². The van der Waals surface area contributed by atoms with Gasteiger partial charge in [0.25, 0.3) is 0 Å². The molecule has 27 heavy (non-hydrogen) atoms. The molecule has 3 heterocycles. The van der Waals surface area contributed by atoms with E-state index in [1.807, 2.05) is 24.3 Å². The zero-order valence-electron chi connectivity index (χ0n) is 14.1. The summed E-state index contributed by atoms with van der Waals surface area (Å²) in [5, 5.41) is 0.574. The molecule has 0 spiro atoms. The predicted octanol–water partition coefficient (Wildman–Crippen LogP) is 2.46. The lowest BCUT2D eigenvalue weighted by Gasteiger charge is -2.36. The van der Waals surface area contributed by atoms with E-state index >= 15 is 0 Å². The van der Waals surface area contributed by atoms with Crippen LogP contribution < -0.4 is 5.63 Å². The summed E-state index contributed by atoms with van der Waals surface area (Å²) in [5.74, 6) is 0.855. The smallest absolute Gasteiger partial charge is 0.336 e. The van der Waals surface area contributed by atoms with Crippen molar-refractivity contribution in [3.8, 4) is 0 Å². The van der Waals surface area contributed by atoms with Gasteiger partial charge in [0.2, 0.25) is 10.0 Å². The van der Waals surface area contributed by atoms with Gasteiger partial charge in [-0.3, -0.25) is 0 Å². The van der Waals surface area contributed by atoms with E-state index in [4.69, 9.17) is 4.42 Å². The minimum absolute atomic E-state index is 0.0469. The zero-order valence-corrected chi connectivity index (χ0v) is 14.9. The maximum Gasteiger partial charge on any atom is 0.336 e. The van der Waals surface area contributed by atoms with E-state index in [9.17, 15) is 13.2 Å². The number of hydrogen-bond acceptors (Lipinski definition) is 5.